The van der Waals surface area contributed by atoms with Crippen molar-refractivity contribution in [2.24, 2.45) is 0 Å². The molecule has 0 aliphatic carbocycles. The van der Waals surface area contributed by atoms with Gasteiger partial charge in [-0.3, -0.25) is 4.90 Å². The summed E-state index contributed by atoms with van der Waals surface area (Å²) in [5, 5.41) is 0. The molecule has 0 saturated carbocycles. The summed E-state index contributed by atoms with van der Waals surface area (Å²) in [4.78, 5) is 2.53. The SMILES string of the molecule is CO[C@H]1CCN(C2COC2)C[C@@]12CCCO2. The van der Waals surface area contributed by atoms with Gasteiger partial charge < -0.3 is 14.2 Å². The lowest BCUT2D eigenvalue weighted by molar-refractivity contribution is -0.170. The van der Waals surface area contributed by atoms with Crippen molar-refractivity contribution in [2.75, 3.05) is 40.0 Å². The lowest BCUT2D eigenvalue weighted by atomic mass is 9.86. The summed E-state index contributed by atoms with van der Waals surface area (Å²) < 4.78 is 16.9. The molecule has 3 saturated heterocycles. The summed E-state index contributed by atoms with van der Waals surface area (Å²) in [6.45, 7) is 4.84. The number of hydrogen-bond donors (Lipinski definition) is 0. The molecule has 0 amide bonds. The first kappa shape index (κ1) is 11.0. The minimum Gasteiger partial charge on any atom is -0.378 e. The van der Waals surface area contributed by atoms with Crippen LogP contribution in [0.2, 0.25) is 0 Å². The molecule has 0 radical (unpaired) electrons. The van der Waals surface area contributed by atoms with Crippen molar-refractivity contribution in [2.45, 2.75) is 37.0 Å². The third kappa shape index (κ3) is 1.68. The van der Waals surface area contributed by atoms with Gasteiger partial charge in [0.2, 0.25) is 0 Å². The first-order valence-corrected chi connectivity index (χ1v) is 6.33. The van der Waals surface area contributed by atoms with E-state index in [-0.39, 0.29) is 11.7 Å². The van der Waals surface area contributed by atoms with E-state index in [1.165, 1.54) is 6.42 Å². The Morgan fingerprint density at radius 2 is 2.25 bits per heavy atom. The predicted octanol–water partition coefficient (Wildman–Crippen LogP) is 0.655. The fraction of sp³-hybridized carbons (Fsp3) is 1.00. The van der Waals surface area contributed by atoms with Crippen molar-refractivity contribution >= 4 is 0 Å². The Kier molecular flexibility index (Phi) is 2.92. The third-order valence-electron chi connectivity index (χ3n) is 4.29. The molecule has 3 fully saturated rings. The Labute approximate surface area is 96.8 Å². The summed E-state index contributed by atoms with van der Waals surface area (Å²) in [5.41, 5.74) is -0.0252. The molecule has 4 heteroatoms. The highest BCUT2D eigenvalue weighted by atomic mass is 16.6. The maximum atomic E-state index is 6.03. The van der Waals surface area contributed by atoms with Gasteiger partial charge in [-0.25, -0.2) is 0 Å². The van der Waals surface area contributed by atoms with Crippen LogP contribution >= 0.6 is 0 Å². The number of methoxy groups -OCH3 is 1. The maximum Gasteiger partial charge on any atom is 0.107 e. The zero-order chi connectivity index (χ0) is 11.0. The molecule has 0 aromatic heterocycles. The molecule has 0 bridgehead atoms. The van der Waals surface area contributed by atoms with E-state index in [1.54, 1.807) is 0 Å². The van der Waals surface area contributed by atoms with E-state index in [1.807, 2.05) is 7.11 Å². The second-order valence-corrected chi connectivity index (χ2v) is 5.19. The zero-order valence-corrected chi connectivity index (χ0v) is 9.98. The molecule has 3 aliphatic rings. The van der Waals surface area contributed by atoms with E-state index in [0.29, 0.717) is 6.04 Å². The molecule has 2 atom stereocenters. The van der Waals surface area contributed by atoms with Crippen molar-refractivity contribution in [3.8, 4) is 0 Å². The molecular weight excluding hydrogens is 206 g/mol. The number of hydrogen-bond acceptors (Lipinski definition) is 4. The molecule has 0 aromatic carbocycles. The van der Waals surface area contributed by atoms with Gasteiger partial charge in [-0.15, -0.1) is 0 Å². The molecule has 0 unspecified atom stereocenters. The zero-order valence-electron chi connectivity index (χ0n) is 9.98. The fourth-order valence-corrected chi connectivity index (χ4v) is 3.25. The Hall–Kier alpha value is -0.160. The van der Waals surface area contributed by atoms with Crippen LogP contribution in [-0.2, 0) is 14.2 Å². The van der Waals surface area contributed by atoms with Gasteiger partial charge >= 0.3 is 0 Å². The molecule has 16 heavy (non-hydrogen) atoms. The number of likely N-dealkylation sites (tertiary alicyclic amines) is 1. The minimum atomic E-state index is -0.0252. The van der Waals surface area contributed by atoms with Gasteiger partial charge in [-0.05, 0) is 19.3 Å². The molecule has 0 aromatic rings. The molecule has 92 valence electrons. The summed E-state index contributed by atoms with van der Waals surface area (Å²) >= 11 is 0. The van der Waals surface area contributed by atoms with Crippen molar-refractivity contribution in [3.63, 3.8) is 0 Å². The van der Waals surface area contributed by atoms with Crippen molar-refractivity contribution in [1.29, 1.82) is 0 Å². The fourth-order valence-electron chi connectivity index (χ4n) is 3.25. The molecule has 4 nitrogen and oxygen atoms in total. The van der Waals surface area contributed by atoms with Crippen LogP contribution in [0, 0.1) is 0 Å². The van der Waals surface area contributed by atoms with E-state index in [0.717, 1.165) is 45.8 Å². The van der Waals surface area contributed by atoms with Crippen LogP contribution in [0.1, 0.15) is 19.3 Å². The van der Waals surface area contributed by atoms with Crippen LogP contribution < -0.4 is 0 Å². The highest BCUT2D eigenvalue weighted by Crippen LogP contribution is 2.37. The molecule has 1 spiro atoms. The third-order valence-corrected chi connectivity index (χ3v) is 4.29. The predicted molar refractivity (Wildman–Crippen MR) is 59.5 cm³/mol. The monoisotopic (exact) mass is 227 g/mol. The van der Waals surface area contributed by atoms with Gasteiger partial charge in [0.05, 0.1) is 25.4 Å². The molecule has 0 N–H and O–H groups in total. The quantitative estimate of drug-likeness (QED) is 0.693. The number of ether oxygens (including phenoxy) is 3. The van der Waals surface area contributed by atoms with Crippen molar-refractivity contribution in [1.82, 2.24) is 4.90 Å². The summed E-state index contributed by atoms with van der Waals surface area (Å²) in [5.74, 6) is 0. The van der Waals surface area contributed by atoms with Crippen LogP contribution in [0.5, 0.6) is 0 Å². The Morgan fingerprint density at radius 1 is 1.38 bits per heavy atom. The standard InChI is InChI=1S/C12H21NO3/c1-14-11-3-5-13(10-7-15-8-10)9-12(11)4-2-6-16-12/h10-11H,2-9H2,1H3/t11-,12-/m0/s1. The van der Waals surface area contributed by atoms with E-state index in [9.17, 15) is 0 Å². The highest BCUT2D eigenvalue weighted by Gasteiger charge is 2.48. The van der Waals surface area contributed by atoms with E-state index >= 15 is 0 Å². The molecular formula is C12H21NO3. The van der Waals surface area contributed by atoms with Crippen LogP contribution in [-0.4, -0.2) is 62.7 Å². The average Bonchev–Trinajstić information content (AvgIpc) is 2.65. The molecule has 3 aliphatic heterocycles. The summed E-state index contributed by atoms with van der Waals surface area (Å²) in [6, 6.07) is 0.624. The first-order valence-electron chi connectivity index (χ1n) is 6.33. The van der Waals surface area contributed by atoms with Gasteiger partial charge in [0.1, 0.15) is 5.60 Å². The summed E-state index contributed by atoms with van der Waals surface area (Å²) in [7, 11) is 1.82. The van der Waals surface area contributed by atoms with Crippen LogP contribution in [0.25, 0.3) is 0 Å². The molecule has 3 heterocycles. The first-order chi connectivity index (χ1) is 7.84. The van der Waals surface area contributed by atoms with Crippen molar-refractivity contribution < 1.29 is 14.2 Å². The Bertz CT molecular complexity index is 249. The topological polar surface area (TPSA) is 30.9 Å². The van der Waals surface area contributed by atoms with Gasteiger partial charge in [0, 0.05) is 26.8 Å². The lowest BCUT2D eigenvalue weighted by Gasteiger charge is -2.49. The second-order valence-electron chi connectivity index (χ2n) is 5.19. The van der Waals surface area contributed by atoms with Crippen LogP contribution in [0.4, 0.5) is 0 Å². The van der Waals surface area contributed by atoms with E-state index in [4.69, 9.17) is 14.2 Å². The summed E-state index contributed by atoms with van der Waals surface area (Å²) in [6.07, 6.45) is 3.70. The number of rotatable bonds is 2. The van der Waals surface area contributed by atoms with Gasteiger partial charge in [-0.1, -0.05) is 0 Å². The number of piperidine rings is 1. The number of nitrogens with zero attached hydrogens (tertiary/aromatic N) is 1. The van der Waals surface area contributed by atoms with Crippen LogP contribution in [0.15, 0.2) is 0 Å². The van der Waals surface area contributed by atoms with Crippen molar-refractivity contribution in [3.05, 3.63) is 0 Å². The Morgan fingerprint density at radius 3 is 2.81 bits per heavy atom. The lowest BCUT2D eigenvalue weighted by Crippen LogP contribution is -2.62. The van der Waals surface area contributed by atoms with Crippen LogP contribution in [0.3, 0.4) is 0 Å². The van der Waals surface area contributed by atoms with Gasteiger partial charge in [0.15, 0.2) is 0 Å². The largest absolute Gasteiger partial charge is 0.378 e. The van der Waals surface area contributed by atoms with Gasteiger partial charge in [0.25, 0.3) is 0 Å². The van der Waals surface area contributed by atoms with E-state index < -0.39 is 0 Å². The Balaban J connectivity index is 1.71. The van der Waals surface area contributed by atoms with E-state index in [2.05, 4.69) is 4.90 Å². The molecule has 3 rings (SSSR count). The normalized spacial score (nSPS) is 41.4. The smallest absolute Gasteiger partial charge is 0.107 e. The average molecular weight is 227 g/mol. The maximum absolute atomic E-state index is 6.03. The minimum absolute atomic E-state index is 0.0252. The van der Waals surface area contributed by atoms with Gasteiger partial charge in [-0.2, -0.15) is 0 Å². The second kappa shape index (κ2) is 4.26. The highest BCUT2D eigenvalue weighted by molar-refractivity contribution is 5.01.